The third-order valence-electron chi connectivity index (χ3n) is 5.85. The number of methoxy groups -OCH3 is 1. The van der Waals surface area contributed by atoms with Gasteiger partial charge in [-0.1, -0.05) is 35.3 Å². The van der Waals surface area contributed by atoms with Crippen LogP contribution in [0.5, 0.6) is 17.2 Å². The van der Waals surface area contributed by atoms with Crippen molar-refractivity contribution in [3.63, 3.8) is 0 Å². The van der Waals surface area contributed by atoms with Crippen molar-refractivity contribution in [1.82, 2.24) is 0 Å². The summed E-state index contributed by atoms with van der Waals surface area (Å²) >= 11 is 12.5. The van der Waals surface area contributed by atoms with Crippen LogP contribution in [0.25, 0.3) is 28.5 Å². The molecule has 33 heavy (non-hydrogen) atoms. The van der Waals surface area contributed by atoms with Gasteiger partial charge in [0.2, 0.25) is 0 Å². The van der Waals surface area contributed by atoms with Crippen LogP contribution in [0.4, 0.5) is 5.69 Å². The highest BCUT2D eigenvalue weighted by atomic mass is 35.5. The molecule has 0 atom stereocenters. The molecule has 0 saturated heterocycles. The maximum atomic E-state index is 10.5. The van der Waals surface area contributed by atoms with Crippen LogP contribution in [0, 0.1) is 0 Å². The van der Waals surface area contributed by atoms with Crippen molar-refractivity contribution in [2.45, 2.75) is 26.3 Å². The van der Waals surface area contributed by atoms with E-state index < -0.39 is 0 Å². The van der Waals surface area contributed by atoms with E-state index in [1.54, 1.807) is 25.3 Å². The zero-order valence-electron chi connectivity index (χ0n) is 18.7. The molecule has 0 aromatic heterocycles. The predicted molar refractivity (Wildman–Crippen MR) is 136 cm³/mol. The first-order chi connectivity index (χ1) is 15.7. The number of allylic oxidation sites excluding steroid dienone is 1. The number of halogens is 2. The Bertz CT molecular complexity index is 1350. The maximum Gasteiger partial charge on any atom is 0.172 e. The summed E-state index contributed by atoms with van der Waals surface area (Å²) in [4.78, 5) is 0. The van der Waals surface area contributed by atoms with E-state index in [4.69, 9.17) is 32.7 Å². The number of phenols is 1. The van der Waals surface area contributed by atoms with Gasteiger partial charge in [0.15, 0.2) is 11.5 Å². The molecule has 168 valence electrons. The molecule has 3 aromatic carbocycles. The average molecular weight is 480 g/mol. The maximum absolute atomic E-state index is 10.5. The molecule has 0 saturated carbocycles. The Kier molecular flexibility index (Phi) is 5.11. The normalized spacial score (nSPS) is 16.7. The third kappa shape index (κ3) is 3.73. The molecule has 0 unspecified atom stereocenters. The molecule has 5 rings (SSSR count). The van der Waals surface area contributed by atoms with Gasteiger partial charge in [-0.15, -0.1) is 0 Å². The number of hydrogen-bond donors (Lipinski definition) is 2. The van der Waals surface area contributed by atoms with E-state index in [2.05, 4.69) is 38.2 Å². The highest BCUT2D eigenvalue weighted by molar-refractivity contribution is 6.34. The number of aromatic hydroxyl groups is 1. The Morgan fingerprint density at radius 2 is 1.73 bits per heavy atom. The Morgan fingerprint density at radius 3 is 2.42 bits per heavy atom. The van der Waals surface area contributed by atoms with E-state index in [1.807, 2.05) is 24.3 Å². The molecule has 4 nitrogen and oxygen atoms in total. The molecule has 6 heteroatoms. The predicted octanol–water partition coefficient (Wildman–Crippen LogP) is 7.87. The van der Waals surface area contributed by atoms with Crippen LogP contribution in [-0.2, 0) is 0 Å². The average Bonchev–Trinajstić information content (AvgIpc) is 2.72. The molecule has 0 radical (unpaired) electrons. The summed E-state index contributed by atoms with van der Waals surface area (Å²) in [6, 6.07) is 12.8. The van der Waals surface area contributed by atoms with Crippen LogP contribution in [0.1, 0.15) is 37.5 Å². The molecule has 2 N–H and O–H groups in total. The number of hydrogen-bond acceptors (Lipinski definition) is 4. The van der Waals surface area contributed by atoms with Crippen LogP contribution in [0.15, 0.2) is 48.5 Å². The van der Waals surface area contributed by atoms with Gasteiger partial charge in [0.1, 0.15) is 11.5 Å². The number of ether oxygens (including phenoxy) is 2. The fourth-order valence-corrected chi connectivity index (χ4v) is 5.30. The van der Waals surface area contributed by atoms with E-state index >= 15 is 0 Å². The van der Waals surface area contributed by atoms with Crippen molar-refractivity contribution in [2.24, 2.45) is 0 Å². The van der Waals surface area contributed by atoms with Crippen LogP contribution >= 0.6 is 23.2 Å². The molecule has 2 aliphatic rings. The third-order valence-corrected chi connectivity index (χ3v) is 6.29. The molecule has 0 fully saturated rings. The fourth-order valence-electron chi connectivity index (χ4n) is 4.76. The molecule has 2 aliphatic heterocycles. The number of anilines is 1. The van der Waals surface area contributed by atoms with Crippen molar-refractivity contribution in [3.05, 3.63) is 75.3 Å². The number of benzene rings is 3. The molecular weight excluding hydrogens is 457 g/mol. The summed E-state index contributed by atoms with van der Waals surface area (Å²) in [5, 5.41) is 15.2. The summed E-state index contributed by atoms with van der Waals surface area (Å²) < 4.78 is 12.0. The van der Waals surface area contributed by atoms with E-state index in [9.17, 15) is 5.11 Å². The highest BCUT2D eigenvalue weighted by Crippen LogP contribution is 2.54. The van der Waals surface area contributed by atoms with E-state index in [1.165, 1.54) is 0 Å². The second-order valence-corrected chi connectivity index (χ2v) is 9.76. The van der Waals surface area contributed by atoms with Gasteiger partial charge in [-0.3, -0.25) is 0 Å². The van der Waals surface area contributed by atoms with Crippen LogP contribution in [-0.4, -0.2) is 17.8 Å². The topological polar surface area (TPSA) is 50.7 Å². The van der Waals surface area contributed by atoms with E-state index in [-0.39, 0.29) is 11.3 Å². The van der Waals surface area contributed by atoms with Crippen LogP contribution in [0.3, 0.4) is 0 Å². The van der Waals surface area contributed by atoms with Crippen molar-refractivity contribution in [3.8, 4) is 28.4 Å². The van der Waals surface area contributed by atoms with Gasteiger partial charge in [-0.2, -0.15) is 0 Å². The summed E-state index contributed by atoms with van der Waals surface area (Å²) in [6.07, 6.45) is 4.14. The molecular formula is C27H23Cl2NO3. The summed E-state index contributed by atoms with van der Waals surface area (Å²) in [6.45, 7) is 6.37. The molecule has 0 spiro atoms. The first-order valence-electron chi connectivity index (χ1n) is 10.6. The summed E-state index contributed by atoms with van der Waals surface area (Å²) in [5.74, 6) is 1.70. The lowest BCUT2D eigenvalue weighted by molar-refractivity contribution is 0.371. The zero-order chi connectivity index (χ0) is 23.5. The van der Waals surface area contributed by atoms with Gasteiger partial charge in [0.25, 0.3) is 0 Å². The summed E-state index contributed by atoms with van der Waals surface area (Å²) in [7, 11) is 1.54. The van der Waals surface area contributed by atoms with Crippen LogP contribution in [0.2, 0.25) is 10.0 Å². The van der Waals surface area contributed by atoms with Crippen molar-refractivity contribution >= 4 is 46.3 Å². The Morgan fingerprint density at radius 1 is 1.00 bits per heavy atom. The first-order valence-corrected chi connectivity index (χ1v) is 11.3. The van der Waals surface area contributed by atoms with E-state index in [0.29, 0.717) is 32.9 Å². The van der Waals surface area contributed by atoms with Gasteiger partial charge in [0.05, 0.1) is 18.2 Å². The molecule has 0 bridgehead atoms. The van der Waals surface area contributed by atoms with E-state index in [0.717, 1.165) is 33.5 Å². The second kappa shape index (κ2) is 7.75. The van der Waals surface area contributed by atoms with Gasteiger partial charge < -0.3 is 19.9 Å². The minimum atomic E-state index is -0.181. The van der Waals surface area contributed by atoms with Crippen molar-refractivity contribution in [2.75, 3.05) is 12.4 Å². The minimum Gasteiger partial charge on any atom is -0.504 e. The lowest BCUT2D eigenvalue weighted by Crippen LogP contribution is -2.32. The smallest absolute Gasteiger partial charge is 0.172 e. The van der Waals surface area contributed by atoms with Gasteiger partial charge in [-0.05, 0) is 74.4 Å². The Hall–Kier alpha value is -3.08. The first kappa shape index (κ1) is 21.7. The largest absolute Gasteiger partial charge is 0.504 e. The van der Waals surface area contributed by atoms with Crippen molar-refractivity contribution in [1.29, 1.82) is 0 Å². The highest BCUT2D eigenvalue weighted by Gasteiger charge is 2.33. The lowest BCUT2D eigenvalue weighted by atomic mass is 9.83. The van der Waals surface area contributed by atoms with Crippen molar-refractivity contribution < 1.29 is 14.6 Å². The molecule has 3 aromatic rings. The zero-order valence-corrected chi connectivity index (χ0v) is 20.2. The number of fused-ring (bicyclic) bond motifs is 5. The van der Waals surface area contributed by atoms with Crippen LogP contribution < -0.4 is 14.8 Å². The number of rotatable bonds is 2. The fraction of sp³-hybridized carbons (Fsp3) is 0.185. The Balaban J connectivity index is 1.84. The van der Waals surface area contributed by atoms with Gasteiger partial charge in [-0.25, -0.2) is 0 Å². The number of nitrogens with one attached hydrogen (secondary N) is 1. The monoisotopic (exact) mass is 479 g/mol. The molecule has 2 heterocycles. The second-order valence-electron chi connectivity index (χ2n) is 8.89. The molecule has 0 amide bonds. The number of phenolic OH excluding ortho intramolecular Hbond substituents is 1. The van der Waals surface area contributed by atoms with Gasteiger partial charge >= 0.3 is 0 Å². The SMILES string of the molecule is COc1c(O)ccc2c1-c1ccc3c(c1C(=Cc1cc(Cl)cc(Cl)c1)O2)C(C)=CC(C)(C)N3. The quantitative estimate of drug-likeness (QED) is 0.392. The molecule has 0 aliphatic carbocycles. The minimum absolute atomic E-state index is 0.0593. The Labute approximate surface area is 203 Å². The standard InChI is InChI=1S/C27H23Cl2NO3/c1-14-13-27(2,3)30-19-6-5-18-24(23(14)19)22(11-15-9-16(28)12-17(29)10-15)33-21-8-7-20(31)26(32-4)25(18)21/h5-13,30-31H,1-4H3. The van der Waals surface area contributed by atoms with Gasteiger partial charge in [0, 0.05) is 32.4 Å². The summed E-state index contributed by atoms with van der Waals surface area (Å²) in [5.41, 5.74) is 6.38. The lowest BCUT2D eigenvalue weighted by Gasteiger charge is -2.35.